The fourth-order valence-corrected chi connectivity index (χ4v) is 9.04. The molecule has 0 spiro atoms. The Hall–Kier alpha value is -3.12. The van der Waals surface area contributed by atoms with Crippen LogP contribution < -0.4 is 10.6 Å². The molecule has 3 fully saturated rings. The van der Waals surface area contributed by atoms with Gasteiger partial charge in [0.15, 0.2) is 12.4 Å². The summed E-state index contributed by atoms with van der Waals surface area (Å²) in [5.41, 5.74) is -1.88. The number of carboxylic acids is 1. The molecule has 2 amide bonds. The summed E-state index contributed by atoms with van der Waals surface area (Å²) in [4.78, 5) is 74.2. The average Bonchev–Trinajstić information content (AvgIpc) is 3.27. The fourth-order valence-electron chi connectivity index (χ4n) is 9.04. The number of aliphatic hydroxyl groups excluding tert-OH is 1. The maximum Gasteiger partial charge on any atom is 0.326 e. The molecule has 12 heteroatoms. The molecular weight excluding hydrogens is 596 g/mol. The molecular formula is C34H50N2O10. The van der Waals surface area contributed by atoms with Crippen LogP contribution in [-0.2, 0) is 33.5 Å². The molecule has 0 radical (unpaired) electrons. The number of aliphatic carboxylic acids is 1. The zero-order valence-electron chi connectivity index (χ0n) is 27.4. The first kappa shape index (κ1) is 35.7. The minimum absolute atomic E-state index is 0.0122. The third kappa shape index (κ3) is 6.79. The molecule has 4 aliphatic carbocycles. The van der Waals surface area contributed by atoms with Gasteiger partial charge in [-0.3, -0.25) is 24.0 Å². The molecule has 9 atom stereocenters. The number of Topliss-reactive ketones (excluding diaryl/α,β-unsaturated/α-hetero) is 1. The van der Waals surface area contributed by atoms with Gasteiger partial charge in [0.2, 0.25) is 17.6 Å². The Labute approximate surface area is 270 Å². The van der Waals surface area contributed by atoms with Gasteiger partial charge < -0.3 is 30.7 Å². The number of ketones is 2. The topological polar surface area (TPSA) is 196 Å². The van der Waals surface area contributed by atoms with E-state index in [2.05, 4.69) is 17.6 Å². The number of carbonyl (C=O) groups excluding carboxylic acids is 5. The van der Waals surface area contributed by atoms with Crippen molar-refractivity contribution >= 4 is 35.3 Å². The van der Waals surface area contributed by atoms with Crippen LogP contribution in [0.25, 0.3) is 0 Å². The number of aliphatic hydroxyl groups is 2. The van der Waals surface area contributed by atoms with E-state index in [1.807, 2.05) is 13.8 Å². The van der Waals surface area contributed by atoms with E-state index in [-0.39, 0.29) is 61.1 Å². The molecule has 0 aromatic rings. The van der Waals surface area contributed by atoms with Gasteiger partial charge >= 0.3 is 11.9 Å². The van der Waals surface area contributed by atoms with Crippen molar-refractivity contribution in [2.45, 2.75) is 129 Å². The standard InChI is InChI=1S/C34H50N2O10/c1-5-6-7-24(31(43)44)36-30(42)19(2)35-27(40)10-11-28(41)46-18-26(39)34(45)15-13-23-22-9-8-20-16-21(37)12-14-32(20,3)29(22)25(38)17-33(23,34)4/h16,19,22-25,29,38,45H,5-15,17-18H2,1-4H3,(H,35,40)(H,36,42)(H,43,44)/t19-,22-,23-,24-,25+,29+,32+,33+,34-/m1/s1. The number of carboxylic acid groups (broad SMARTS) is 1. The van der Waals surface area contributed by atoms with Gasteiger partial charge in [-0.25, -0.2) is 4.79 Å². The molecule has 0 aromatic carbocycles. The molecule has 12 nitrogen and oxygen atoms in total. The first-order chi connectivity index (χ1) is 21.6. The molecule has 0 aromatic heterocycles. The summed E-state index contributed by atoms with van der Waals surface area (Å²) in [5, 5.41) is 37.5. The van der Waals surface area contributed by atoms with Crippen molar-refractivity contribution in [2.24, 2.45) is 28.6 Å². The van der Waals surface area contributed by atoms with Crippen LogP contribution in [0.4, 0.5) is 0 Å². The second-order valence-corrected chi connectivity index (χ2v) is 14.4. The van der Waals surface area contributed by atoms with Crippen molar-refractivity contribution in [2.75, 3.05) is 6.61 Å². The van der Waals surface area contributed by atoms with Crippen LogP contribution in [0.2, 0.25) is 0 Å². The highest BCUT2D eigenvalue weighted by Gasteiger charge is 2.68. The van der Waals surface area contributed by atoms with Gasteiger partial charge in [0, 0.05) is 18.3 Å². The number of rotatable bonds is 13. The molecule has 256 valence electrons. The Morgan fingerprint density at radius 2 is 1.78 bits per heavy atom. The number of amides is 2. The van der Waals surface area contributed by atoms with Crippen molar-refractivity contribution in [1.82, 2.24) is 10.6 Å². The Kier molecular flexibility index (Phi) is 10.8. The van der Waals surface area contributed by atoms with Gasteiger partial charge in [-0.15, -0.1) is 0 Å². The van der Waals surface area contributed by atoms with E-state index in [1.165, 1.54) is 6.92 Å². The monoisotopic (exact) mass is 646 g/mol. The molecule has 0 heterocycles. The number of nitrogens with one attached hydrogen (secondary N) is 2. The van der Waals surface area contributed by atoms with Crippen molar-refractivity contribution in [3.05, 3.63) is 11.6 Å². The maximum atomic E-state index is 13.5. The van der Waals surface area contributed by atoms with E-state index in [1.54, 1.807) is 6.08 Å². The molecule has 5 N–H and O–H groups in total. The summed E-state index contributed by atoms with van der Waals surface area (Å²) >= 11 is 0. The van der Waals surface area contributed by atoms with Crippen LogP contribution in [0, 0.1) is 28.6 Å². The lowest BCUT2D eigenvalue weighted by molar-refractivity contribution is -0.184. The van der Waals surface area contributed by atoms with Crippen molar-refractivity contribution < 1.29 is 48.8 Å². The summed E-state index contributed by atoms with van der Waals surface area (Å²) in [7, 11) is 0. The molecule has 0 unspecified atom stereocenters. The van der Waals surface area contributed by atoms with Gasteiger partial charge in [0.05, 0.1) is 12.5 Å². The molecule has 0 aliphatic heterocycles. The predicted octanol–water partition coefficient (Wildman–Crippen LogP) is 2.38. The number of carbonyl (C=O) groups is 6. The van der Waals surface area contributed by atoms with E-state index >= 15 is 0 Å². The summed E-state index contributed by atoms with van der Waals surface area (Å²) in [6.45, 7) is 6.63. The van der Waals surface area contributed by atoms with Crippen molar-refractivity contribution in [3.8, 4) is 0 Å². The maximum absolute atomic E-state index is 13.5. The highest BCUT2D eigenvalue weighted by atomic mass is 16.5. The lowest BCUT2D eigenvalue weighted by Gasteiger charge is -2.60. The second-order valence-electron chi connectivity index (χ2n) is 14.4. The van der Waals surface area contributed by atoms with Crippen molar-refractivity contribution in [1.29, 1.82) is 0 Å². The summed E-state index contributed by atoms with van der Waals surface area (Å²) in [5.74, 6) is -3.75. The van der Waals surface area contributed by atoms with E-state index in [0.717, 1.165) is 24.8 Å². The third-order valence-corrected chi connectivity index (χ3v) is 11.7. The first-order valence-electron chi connectivity index (χ1n) is 16.7. The molecule has 0 bridgehead atoms. The number of esters is 1. The van der Waals surface area contributed by atoms with Crippen LogP contribution in [0.5, 0.6) is 0 Å². The average molecular weight is 647 g/mol. The van der Waals surface area contributed by atoms with Gasteiger partial charge in [0.25, 0.3) is 0 Å². The first-order valence-corrected chi connectivity index (χ1v) is 16.7. The van der Waals surface area contributed by atoms with Crippen LogP contribution in [0.15, 0.2) is 11.6 Å². The zero-order valence-corrected chi connectivity index (χ0v) is 27.4. The lowest BCUT2D eigenvalue weighted by atomic mass is 9.45. The molecule has 46 heavy (non-hydrogen) atoms. The van der Waals surface area contributed by atoms with Crippen LogP contribution in [-0.4, -0.2) is 81.0 Å². The summed E-state index contributed by atoms with van der Waals surface area (Å²) in [6.07, 6.45) is 5.66. The lowest BCUT2D eigenvalue weighted by Crippen LogP contribution is -2.62. The van der Waals surface area contributed by atoms with Gasteiger partial charge in [-0.1, -0.05) is 39.2 Å². The number of ether oxygens (including phenoxy) is 1. The molecule has 3 saturated carbocycles. The van der Waals surface area contributed by atoms with E-state index in [4.69, 9.17) is 4.74 Å². The van der Waals surface area contributed by atoms with Crippen molar-refractivity contribution in [3.63, 3.8) is 0 Å². The summed E-state index contributed by atoms with van der Waals surface area (Å²) in [6, 6.07) is -2.09. The normalized spacial score (nSPS) is 34.6. The zero-order chi connectivity index (χ0) is 34.0. The van der Waals surface area contributed by atoms with E-state index in [0.29, 0.717) is 25.7 Å². The highest BCUT2D eigenvalue weighted by molar-refractivity contribution is 5.93. The molecule has 4 aliphatic rings. The number of allylic oxidation sites excluding steroid dienone is 1. The number of hydrogen-bond donors (Lipinski definition) is 5. The predicted molar refractivity (Wildman–Crippen MR) is 165 cm³/mol. The summed E-state index contributed by atoms with van der Waals surface area (Å²) < 4.78 is 5.18. The molecule has 0 saturated heterocycles. The number of fused-ring (bicyclic) bond motifs is 5. The largest absolute Gasteiger partial charge is 0.480 e. The quantitative estimate of drug-likeness (QED) is 0.185. The van der Waals surface area contributed by atoms with Crippen LogP contribution >= 0.6 is 0 Å². The smallest absolute Gasteiger partial charge is 0.326 e. The minimum Gasteiger partial charge on any atom is -0.480 e. The Morgan fingerprint density at radius 1 is 1.07 bits per heavy atom. The Balaban J connectivity index is 1.28. The minimum atomic E-state index is -1.78. The number of hydrogen-bond acceptors (Lipinski definition) is 9. The fraction of sp³-hybridized carbons (Fsp3) is 0.765. The van der Waals surface area contributed by atoms with Gasteiger partial charge in [-0.05, 0) is 81.1 Å². The third-order valence-electron chi connectivity index (χ3n) is 11.7. The van der Waals surface area contributed by atoms with Crippen LogP contribution in [0.1, 0.15) is 105 Å². The SMILES string of the molecule is CCCC[C@@H](NC(=O)[C@@H](C)NC(=O)CCC(=O)OCC(=O)[C@]1(O)CC[C@@H]2[C@H]3CCC4=CC(=O)CC[C@]4(C)[C@@H]3[C@@H](O)C[C@@]21C)C(=O)O. The van der Waals surface area contributed by atoms with E-state index in [9.17, 15) is 44.1 Å². The Morgan fingerprint density at radius 3 is 2.46 bits per heavy atom. The second kappa shape index (κ2) is 13.9. The number of unbranched alkanes of at least 4 members (excludes halogenated alkanes) is 1. The van der Waals surface area contributed by atoms with Gasteiger partial charge in [0.1, 0.15) is 17.7 Å². The highest BCUT2D eigenvalue weighted by Crippen LogP contribution is 2.67. The van der Waals surface area contributed by atoms with Crippen LogP contribution in [0.3, 0.4) is 0 Å². The van der Waals surface area contributed by atoms with E-state index < -0.39 is 65.3 Å². The van der Waals surface area contributed by atoms with Gasteiger partial charge in [-0.2, -0.15) is 0 Å². The Bertz CT molecular complexity index is 1280. The molecule has 4 rings (SSSR count).